The normalized spacial score (nSPS) is 19.6. The summed E-state index contributed by atoms with van der Waals surface area (Å²) in [4.78, 5) is 2.09. The van der Waals surface area contributed by atoms with Gasteiger partial charge in [-0.3, -0.25) is 0 Å². The maximum absolute atomic E-state index is 9.08. The molecule has 0 saturated carbocycles. The first-order chi connectivity index (χ1) is 8.24. The van der Waals surface area contributed by atoms with Crippen LogP contribution in [0.5, 0.6) is 0 Å². The molecule has 6 nitrogen and oxygen atoms in total. The van der Waals surface area contributed by atoms with Crippen LogP contribution in [0.25, 0.3) is 0 Å². The number of nitrogens with one attached hydrogen (secondary N) is 1. The van der Waals surface area contributed by atoms with Crippen LogP contribution in [-0.2, 0) is 0 Å². The highest BCUT2D eigenvalue weighted by atomic mass is 16.4. The topological polar surface area (TPSA) is 74.4 Å². The summed E-state index contributed by atoms with van der Waals surface area (Å²) in [5.74, 6) is 1.04. The van der Waals surface area contributed by atoms with Gasteiger partial charge in [0.15, 0.2) is 0 Å². The number of aliphatic hydroxyl groups excluding tert-OH is 1. The van der Waals surface area contributed by atoms with Crippen molar-refractivity contribution in [2.24, 2.45) is 5.92 Å². The second-order valence-corrected chi connectivity index (χ2v) is 4.55. The number of hydrogen-bond donors (Lipinski definition) is 2. The first-order valence-corrected chi connectivity index (χ1v) is 6.11. The van der Waals surface area contributed by atoms with Crippen LogP contribution < -0.4 is 10.2 Å². The third-order valence-electron chi connectivity index (χ3n) is 3.38. The van der Waals surface area contributed by atoms with E-state index in [1.807, 2.05) is 14.0 Å². The Labute approximate surface area is 101 Å². The number of rotatable bonds is 4. The lowest BCUT2D eigenvalue weighted by Gasteiger charge is -2.29. The van der Waals surface area contributed by atoms with Crippen LogP contribution in [-0.4, -0.2) is 42.0 Å². The Morgan fingerprint density at radius 2 is 2.18 bits per heavy atom. The van der Waals surface area contributed by atoms with Crippen LogP contribution in [0, 0.1) is 5.92 Å². The summed E-state index contributed by atoms with van der Waals surface area (Å²) in [7, 11) is 1.86. The van der Waals surface area contributed by atoms with Crippen molar-refractivity contribution in [1.29, 1.82) is 0 Å². The highest BCUT2D eigenvalue weighted by molar-refractivity contribution is 5.25. The van der Waals surface area contributed by atoms with Crippen molar-refractivity contribution >= 4 is 6.01 Å². The van der Waals surface area contributed by atoms with Crippen LogP contribution in [0.1, 0.15) is 31.7 Å². The minimum Gasteiger partial charge on any atom is -0.406 e. The van der Waals surface area contributed by atoms with Gasteiger partial charge >= 0.3 is 6.01 Å². The van der Waals surface area contributed by atoms with Crippen LogP contribution in [0.15, 0.2) is 4.42 Å². The van der Waals surface area contributed by atoms with E-state index in [2.05, 4.69) is 20.4 Å². The maximum Gasteiger partial charge on any atom is 0.318 e. The molecule has 1 aromatic heterocycles. The molecule has 0 spiro atoms. The molecule has 0 radical (unpaired) electrons. The second kappa shape index (κ2) is 5.46. The fourth-order valence-electron chi connectivity index (χ4n) is 1.96. The Kier molecular flexibility index (Phi) is 3.96. The first kappa shape index (κ1) is 12.3. The van der Waals surface area contributed by atoms with Gasteiger partial charge in [0.1, 0.15) is 0 Å². The molecule has 1 fully saturated rings. The largest absolute Gasteiger partial charge is 0.406 e. The molecule has 2 rings (SSSR count). The molecule has 0 amide bonds. The van der Waals surface area contributed by atoms with E-state index in [-0.39, 0.29) is 12.6 Å². The standard InChI is InChI=1S/C11H20N4O2/c1-8(12-2)10-13-14-11(17-10)15-5-3-9(7-16)4-6-15/h8-9,12,16H,3-7H2,1-2H3. The van der Waals surface area contributed by atoms with E-state index in [0.717, 1.165) is 25.9 Å². The lowest BCUT2D eigenvalue weighted by Crippen LogP contribution is -2.34. The smallest absolute Gasteiger partial charge is 0.318 e. The molecule has 1 aliphatic rings. The summed E-state index contributed by atoms with van der Waals surface area (Å²) in [6.45, 7) is 4.01. The van der Waals surface area contributed by atoms with Crippen LogP contribution in [0.3, 0.4) is 0 Å². The molecule has 1 atom stereocenters. The average molecular weight is 240 g/mol. The molecule has 6 heteroatoms. The summed E-state index contributed by atoms with van der Waals surface area (Å²) in [6.07, 6.45) is 1.96. The average Bonchev–Trinajstić information content (AvgIpc) is 2.87. The summed E-state index contributed by atoms with van der Waals surface area (Å²) < 4.78 is 5.62. The van der Waals surface area contributed by atoms with Gasteiger partial charge in [0.05, 0.1) is 6.04 Å². The zero-order chi connectivity index (χ0) is 12.3. The Balaban J connectivity index is 1.97. The third-order valence-corrected chi connectivity index (χ3v) is 3.38. The minimum atomic E-state index is 0.0752. The Hall–Kier alpha value is -1.14. The van der Waals surface area contributed by atoms with Crippen molar-refractivity contribution < 1.29 is 9.52 Å². The SMILES string of the molecule is CNC(C)c1nnc(N2CCC(CO)CC2)o1. The fourth-order valence-corrected chi connectivity index (χ4v) is 1.96. The number of anilines is 1. The summed E-state index contributed by atoms with van der Waals surface area (Å²) >= 11 is 0. The van der Waals surface area contributed by atoms with Crippen LogP contribution in [0.2, 0.25) is 0 Å². The molecule has 1 saturated heterocycles. The molecular formula is C11H20N4O2. The van der Waals surface area contributed by atoms with E-state index < -0.39 is 0 Å². The molecular weight excluding hydrogens is 220 g/mol. The Morgan fingerprint density at radius 1 is 1.47 bits per heavy atom. The molecule has 0 aromatic carbocycles. The summed E-state index contributed by atoms with van der Waals surface area (Å²) in [6, 6.07) is 0.671. The van der Waals surface area contributed by atoms with Crippen LogP contribution in [0.4, 0.5) is 6.01 Å². The molecule has 96 valence electrons. The molecule has 0 bridgehead atoms. The van der Waals surface area contributed by atoms with E-state index in [1.54, 1.807) is 0 Å². The maximum atomic E-state index is 9.08. The van der Waals surface area contributed by atoms with E-state index in [0.29, 0.717) is 17.8 Å². The van der Waals surface area contributed by atoms with Crippen molar-refractivity contribution in [1.82, 2.24) is 15.5 Å². The van der Waals surface area contributed by atoms with E-state index in [1.165, 1.54) is 0 Å². The zero-order valence-corrected chi connectivity index (χ0v) is 10.4. The van der Waals surface area contributed by atoms with Gasteiger partial charge in [-0.1, -0.05) is 5.10 Å². The predicted molar refractivity (Wildman–Crippen MR) is 63.8 cm³/mol. The number of piperidine rings is 1. The fraction of sp³-hybridized carbons (Fsp3) is 0.818. The van der Waals surface area contributed by atoms with Crippen LogP contribution >= 0.6 is 0 Å². The quantitative estimate of drug-likeness (QED) is 0.801. The molecule has 1 unspecified atom stereocenters. The highest BCUT2D eigenvalue weighted by Gasteiger charge is 2.23. The van der Waals surface area contributed by atoms with Crippen molar-refractivity contribution in [3.63, 3.8) is 0 Å². The molecule has 2 heterocycles. The predicted octanol–water partition coefficient (Wildman–Crippen LogP) is 0.559. The van der Waals surface area contributed by atoms with Crippen molar-refractivity contribution in [2.45, 2.75) is 25.8 Å². The molecule has 17 heavy (non-hydrogen) atoms. The lowest BCUT2D eigenvalue weighted by molar-refractivity contribution is 0.201. The van der Waals surface area contributed by atoms with Crippen molar-refractivity contribution in [3.8, 4) is 0 Å². The van der Waals surface area contributed by atoms with Gasteiger partial charge in [0, 0.05) is 19.7 Å². The van der Waals surface area contributed by atoms with Gasteiger partial charge in [-0.2, -0.15) is 0 Å². The van der Waals surface area contributed by atoms with E-state index in [4.69, 9.17) is 9.52 Å². The molecule has 0 aliphatic carbocycles. The van der Waals surface area contributed by atoms with Gasteiger partial charge in [0.25, 0.3) is 0 Å². The summed E-state index contributed by atoms with van der Waals surface area (Å²) in [5, 5.41) is 20.2. The second-order valence-electron chi connectivity index (χ2n) is 4.55. The molecule has 2 N–H and O–H groups in total. The first-order valence-electron chi connectivity index (χ1n) is 6.11. The lowest BCUT2D eigenvalue weighted by atomic mass is 9.98. The van der Waals surface area contributed by atoms with E-state index in [9.17, 15) is 0 Å². The van der Waals surface area contributed by atoms with E-state index >= 15 is 0 Å². The highest BCUT2D eigenvalue weighted by Crippen LogP contribution is 2.23. The monoisotopic (exact) mass is 240 g/mol. The number of hydrogen-bond acceptors (Lipinski definition) is 6. The van der Waals surface area contributed by atoms with Crippen molar-refractivity contribution in [3.05, 3.63) is 5.89 Å². The van der Waals surface area contributed by atoms with Gasteiger partial charge in [-0.15, -0.1) is 5.10 Å². The van der Waals surface area contributed by atoms with Gasteiger partial charge in [0.2, 0.25) is 5.89 Å². The van der Waals surface area contributed by atoms with Gasteiger partial charge in [-0.25, -0.2) is 0 Å². The van der Waals surface area contributed by atoms with Gasteiger partial charge in [-0.05, 0) is 32.7 Å². The van der Waals surface area contributed by atoms with Gasteiger partial charge < -0.3 is 19.7 Å². The summed E-state index contributed by atoms with van der Waals surface area (Å²) in [5.41, 5.74) is 0. The third kappa shape index (κ3) is 2.76. The Bertz CT molecular complexity index is 347. The molecule has 1 aromatic rings. The Morgan fingerprint density at radius 3 is 2.76 bits per heavy atom. The number of aliphatic hydroxyl groups is 1. The van der Waals surface area contributed by atoms with Crippen molar-refractivity contribution in [2.75, 3.05) is 31.6 Å². The molecule has 1 aliphatic heterocycles. The zero-order valence-electron chi connectivity index (χ0n) is 10.4. The minimum absolute atomic E-state index is 0.0752. The number of aromatic nitrogens is 2. The number of nitrogens with zero attached hydrogens (tertiary/aromatic N) is 3.